The van der Waals surface area contributed by atoms with Gasteiger partial charge in [0, 0.05) is 12.0 Å². The van der Waals surface area contributed by atoms with Gasteiger partial charge >= 0.3 is 0 Å². The molecule has 2 amide bonds. The Morgan fingerprint density at radius 3 is 2.43 bits per heavy atom. The number of benzene rings is 1. The fourth-order valence-corrected chi connectivity index (χ4v) is 1.80. The molecule has 4 N–H and O–H groups in total. The minimum absolute atomic E-state index is 0. The van der Waals surface area contributed by atoms with E-state index in [-0.39, 0.29) is 42.7 Å². The Morgan fingerprint density at radius 2 is 1.86 bits per heavy atom. The molecule has 0 spiro atoms. The van der Waals surface area contributed by atoms with Crippen LogP contribution in [0.5, 0.6) is 0 Å². The van der Waals surface area contributed by atoms with E-state index in [1.165, 1.54) is 11.1 Å². The van der Waals surface area contributed by atoms with Crippen molar-refractivity contribution in [2.45, 2.75) is 26.2 Å². The van der Waals surface area contributed by atoms with Crippen molar-refractivity contribution in [3.63, 3.8) is 0 Å². The largest absolute Gasteiger partial charge is 0.354 e. The maximum absolute atomic E-state index is 11.6. The molecule has 0 atom stereocenters. The van der Waals surface area contributed by atoms with E-state index in [2.05, 4.69) is 36.6 Å². The third kappa shape index (κ3) is 6.60. The van der Waals surface area contributed by atoms with Gasteiger partial charge in [0.15, 0.2) is 0 Å². The van der Waals surface area contributed by atoms with E-state index in [0.717, 1.165) is 0 Å². The van der Waals surface area contributed by atoms with Gasteiger partial charge in [-0.3, -0.25) is 9.59 Å². The molecule has 0 aliphatic rings. The molecule has 0 aromatic heterocycles. The van der Waals surface area contributed by atoms with E-state index in [0.29, 0.717) is 6.54 Å². The fraction of sp³-hybridized carbons (Fsp3) is 0.467. The molecule has 0 fully saturated rings. The third-order valence-corrected chi connectivity index (χ3v) is 3.16. The number of hydrogen-bond donors (Lipinski definition) is 3. The number of halogens is 1. The molecule has 0 unspecified atom stereocenters. The summed E-state index contributed by atoms with van der Waals surface area (Å²) in [6, 6.07) is 8.22. The smallest absolute Gasteiger partial charge is 0.239 e. The highest BCUT2D eigenvalue weighted by molar-refractivity contribution is 5.85. The summed E-state index contributed by atoms with van der Waals surface area (Å²) < 4.78 is 0. The van der Waals surface area contributed by atoms with Crippen LogP contribution in [0.1, 0.15) is 25.0 Å². The van der Waals surface area contributed by atoms with Crippen molar-refractivity contribution < 1.29 is 9.59 Å². The van der Waals surface area contributed by atoms with Crippen LogP contribution in [0.2, 0.25) is 0 Å². The van der Waals surface area contributed by atoms with E-state index in [4.69, 9.17) is 5.73 Å². The first-order valence-corrected chi connectivity index (χ1v) is 6.66. The zero-order valence-electron chi connectivity index (χ0n) is 12.7. The quantitative estimate of drug-likeness (QED) is 0.729. The number of nitrogens with one attached hydrogen (secondary N) is 2. The molecule has 0 radical (unpaired) electrons. The minimum atomic E-state index is -0.335. The van der Waals surface area contributed by atoms with Crippen LogP contribution in [0, 0.1) is 6.92 Å². The van der Waals surface area contributed by atoms with Crippen LogP contribution in [-0.2, 0) is 15.0 Å². The average molecular weight is 314 g/mol. The second-order valence-corrected chi connectivity index (χ2v) is 5.51. The number of rotatable bonds is 6. The summed E-state index contributed by atoms with van der Waals surface area (Å²) in [6.07, 6.45) is 0. The Morgan fingerprint density at radius 1 is 1.19 bits per heavy atom. The van der Waals surface area contributed by atoms with Crippen molar-refractivity contribution in [1.29, 1.82) is 0 Å². The average Bonchev–Trinajstić information content (AvgIpc) is 2.42. The molecule has 5 nitrogen and oxygen atoms in total. The van der Waals surface area contributed by atoms with Crippen molar-refractivity contribution in [3.05, 3.63) is 35.4 Å². The molecular weight excluding hydrogens is 290 g/mol. The van der Waals surface area contributed by atoms with E-state index in [9.17, 15) is 9.59 Å². The molecule has 0 bridgehead atoms. The number of aryl methyl sites for hydroxylation is 1. The standard InChI is InChI=1S/C15H23N3O2.ClH/c1-11-5-4-6-12(7-11)15(2,3)10-18-14(20)9-17-13(19)8-16;/h4-7H,8-10,16H2,1-3H3,(H,17,19)(H,18,20);1H. The number of carbonyl (C=O) groups excluding carboxylic acids is 2. The first-order valence-electron chi connectivity index (χ1n) is 6.66. The molecule has 0 saturated heterocycles. The highest BCUT2D eigenvalue weighted by Gasteiger charge is 2.21. The zero-order valence-corrected chi connectivity index (χ0v) is 13.5. The van der Waals surface area contributed by atoms with E-state index < -0.39 is 0 Å². The Bertz CT molecular complexity index is 490. The Balaban J connectivity index is 0.00000400. The number of nitrogens with two attached hydrogens (primary N) is 1. The normalized spacial score (nSPS) is 10.5. The molecule has 21 heavy (non-hydrogen) atoms. The minimum Gasteiger partial charge on any atom is -0.354 e. The Kier molecular flexibility index (Phi) is 7.99. The van der Waals surface area contributed by atoms with Crippen molar-refractivity contribution in [2.75, 3.05) is 19.6 Å². The molecule has 1 aromatic carbocycles. The molecule has 0 saturated carbocycles. The molecule has 6 heteroatoms. The van der Waals surface area contributed by atoms with Crippen LogP contribution >= 0.6 is 12.4 Å². The van der Waals surface area contributed by atoms with Gasteiger partial charge < -0.3 is 16.4 Å². The van der Waals surface area contributed by atoms with Crippen molar-refractivity contribution in [1.82, 2.24) is 10.6 Å². The van der Waals surface area contributed by atoms with Crippen LogP contribution in [0.15, 0.2) is 24.3 Å². The number of hydrogen-bond acceptors (Lipinski definition) is 3. The van der Waals surface area contributed by atoms with Gasteiger partial charge in [0.25, 0.3) is 0 Å². The van der Waals surface area contributed by atoms with Crippen LogP contribution < -0.4 is 16.4 Å². The van der Waals surface area contributed by atoms with Crippen LogP contribution in [0.4, 0.5) is 0 Å². The number of amides is 2. The molecule has 118 valence electrons. The topological polar surface area (TPSA) is 84.2 Å². The number of carbonyl (C=O) groups is 2. The van der Waals surface area contributed by atoms with Gasteiger partial charge in [-0.05, 0) is 12.5 Å². The van der Waals surface area contributed by atoms with Gasteiger partial charge in [-0.15, -0.1) is 12.4 Å². The van der Waals surface area contributed by atoms with Gasteiger partial charge in [-0.1, -0.05) is 43.7 Å². The second-order valence-electron chi connectivity index (χ2n) is 5.51. The van der Waals surface area contributed by atoms with Gasteiger partial charge in [0.05, 0.1) is 13.1 Å². The molecule has 0 aliphatic carbocycles. The van der Waals surface area contributed by atoms with Crippen molar-refractivity contribution >= 4 is 24.2 Å². The van der Waals surface area contributed by atoms with Crippen LogP contribution in [0.3, 0.4) is 0 Å². The van der Waals surface area contributed by atoms with Crippen LogP contribution in [0.25, 0.3) is 0 Å². The lowest BCUT2D eigenvalue weighted by Gasteiger charge is -2.26. The Hall–Kier alpha value is -1.59. The summed E-state index contributed by atoms with van der Waals surface area (Å²) in [5.41, 5.74) is 7.34. The summed E-state index contributed by atoms with van der Waals surface area (Å²) >= 11 is 0. The molecule has 1 aromatic rings. The summed E-state index contributed by atoms with van der Waals surface area (Å²) in [5.74, 6) is -0.550. The van der Waals surface area contributed by atoms with Crippen molar-refractivity contribution in [3.8, 4) is 0 Å². The maximum Gasteiger partial charge on any atom is 0.239 e. The fourth-order valence-electron chi connectivity index (χ4n) is 1.80. The summed E-state index contributed by atoms with van der Waals surface area (Å²) in [4.78, 5) is 22.6. The SMILES string of the molecule is Cc1cccc(C(C)(C)CNC(=O)CNC(=O)CN)c1.Cl. The molecular formula is C15H24ClN3O2. The predicted molar refractivity (Wildman–Crippen MR) is 86.5 cm³/mol. The first-order chi connectivity index (χ1) is 9.35. The molecule has 0 heterocycles. The van der Waals surface area contributed by atoms with Crippen molar-refractivity contribution in [2.24, 2.45) is 5.73 Å². The van der Waals surface area contributed by atoms with Crippen LogP contribution in [-0.4, -0.2) is 31.4 Å². The lowest BCUT2D eigenvalue weighted by molar-refractivity contribution is -0.125. The lowest BCUT2D eigenvalue weighted by atomic mass is 9.84. The monoisotopic (exact) mass is 313 g/mol. The van der Waals surface area contributed by atoms with Gasteiger partial charge in [0.2, 0.25) is 11.8 Å². The predicted octanol–water partition coefficient (Wildman–Crippen LogP) is 0.886. The highest BCUT2D eigenvalue weighted by atomic mass is 35.5. The van der Waals surface area contributed by atoms with E-state index >= 15 is 0 Å². The summed E-state index contributed by atoms with van der Waals surface area (Å²) in [5, 5.41) is 5.27. The highest BCUT2D eigenvalue weighted by Crippen LogP contribution is 2.22. The van der Waals surface area contributed by atoms with Gasteiger partial charge in [-0.25, -0.2) is 0 Å². The second kappa shape index (κ2) is 8.64. The lowest BCUT2D eigenvalue weighted by Crippen LogP contribution is -2.43. The molecule has 0 aliphatic heterocycles. The van der Waals surface area contributed by atoms with Gasteiger partial charge in [-0.2, -0.15) is 0 Å². The molecule has 1 rings (SSSR count). The van der Waals surface area contributed by atoms with E-state index in [1.54, 1.807) is 0 Å². The van der Waals surface area contributed by atoms with E-state index in [1.807, 2.05) is 19.1 Å². The maximum atomic E-state index is 11.6. The third-order valence-electron chi connectivity index (χ3n) is 3.16. The summed E-state index contributed by atoms with van der Waals surface area (Å²) in [6.45, 7) is 6.54. The zero-order chi connectivity index (χ0) is 15.2. The Labute approximate surface area is 132 Å². The first kappa shape index (κ1) is 19.4. The van der Waals surface area contributed by atoms with Gasteiger partial charge in [0.1, 0.15) is 0 Å². The summed E-state index contributed by atoms with van der Waals surface area (Å²) in [7, 11) is 0.